The minimum Gasteiger partial charge on any atom is -0.335 e. The number of piperidine rings is 1. The van der Waals surface area contributed by atoms with E-state index in [0.717, 1.165) is 19.3 Å². The van der Waals surface area contributed by atoms with E-state index in [2.05, 4.69) is 4.98 Å². The Morgan fingerprint density at radius 2 is 1.96 bits per heavy atom. The zero-order valence-corrected chi connectivity index (χ0v) is 18.1. The number of aromatic nitrogens is 1. The summed E-state index contributed by atoms with van der Waals surface area (Å²) in [5, 5.41) is 0.454. The number of benzene rings is 1. The van der Waals surface area contributed by atoms with Gasteiger partial charge in [0.2, 0.25) is 0 Å². The van der Waals surface area contributed by atoms with E-state index in [1.807, 2.05) is 6.92 Å². The number of likely N-dealkylation sites (tertiary alicyclic amines) is 1. The van der Waals surface area contributed by atoms with E-state index in [4.69, 9.17) is 23.2 Å². The Bertz CT molecular complexity index is 1010. The zero-order valence-electron chi connectivity index (χ0n) is 15.8. The first-order valence-electron chi connectivity index (χ1n) is 9.14. The summed E-state index contributed by atoms with van der Waals surface area (Å²) in [7, 11) is -3.77. The maximum atomic E-state index is 12.8. The fourth-order valence-electron chi connectivity index (χ4n) is 3.36. The Hall–Kier alpha value is -1.63. The maximum Gasteiger partial charge on any atom is 0.272 e. The number of rotatable bonds is 4. The molecule has 1 aliphatic heterocycles. The first-order valence-corrected chi connectivity index (χ1v) is 11.5. The summed E-state index contributed by atoms with van der Waals surface area (Å²) in [4.78, 5) is 18.9. The van der Waals surface area contributed by atoms with Crippen LogP contribution in [0.5, 0.6) is 0 Å². The van der Waals surface area contributed by atoms with Crippen LogP contribution in [-0.4, -0.2) is 36.8 Å². The third kappa shape index (κ3) is 4.50. The van der Waals surface area contributed by atoms with Gasteiger partial charge < -0.3 is 4.90 Å². The van der Waals surface area contributed by atoms with Crippen LogP contribution >= 0.6 is 23.2 Å². The zero-order chi connectivity index (χ0) is 20.5. The number of amides is 1. The van der Waals surface area contributed by atoms with E-state index < -0.39 is 9.84 Å². The van der Waals surface area contributed by atoms with Gasteiger partial charge in [-0.05, 0) is 62.9 Å². The molecule has 0 aliphatic carbocycles. The standard InChI is InChI=1S/C20H22Cl2N2O3S/c1-13-10-17(22)19(11-16(13)21)28(26,27)12-15-7-5-8-18(23-15)20(25)24-9-4-3-6-14(24)2/h5,7-8,10-11,14H,3-4,6,9,12H2,1-2H3. The van der Waals surface area contributed by atoms with Crippen molar-refractivity contribution in [3.8, 4) is 0 Å². The van der Waals surface area contributed by atoms with E-state index in [0.29, 0.717) is 22.8 Å². The molecule has 1 aliphatic rings. The van der Waals surface area contributed by atoms with Crippen LogP contribution in [0.2, 0.25) is 10.0 Å². The molecule has 2 heterocycles. The molecule has 0 radical (unpaired) electrons. The van der Waals surface area contributed by atoms with Crippen LogP contribution < -0.4 is 0 Å². The second-order valence-corrected chi connectivity index (χ2v) is 9.92. The fourth-order valence-corrected chi connectivity index (χ4v) is 5.52. The summed E-state index contributed by atoms with van der Waals surface area (Å²) < 4.78 is 25.7. The summed E-state index contributed by atoms with van der Waals surface area (Å²) >= 11 is 12.2. The van der Waals surface area contributed by atoms with Crippen LogP contribution in [0.4, 0.5) is 0 Å². The first kappa shape index (κ1) is 21.1. The van der Waals surface area contributed by atoms with Crippen LogP contribution in [-0.2, 0) is 15.6 Å². The van der Waals surface area contributed by atoms with Crippen molar-refractivity contribution in [2.45, 2.75) is 49.8 Å². The molecule has 150 valence electrons. The molecule has 8 heteroatoms. The molecule has 1 atom stereocenters. The minimum atomic E-state index is -3.77. The quantitative estimate of drug-likeness (QED) is 0.691. The number of nitrogens with zero attached hydrogens (tertiary/aromatic N) is 2. The highest BCUT2D eigenvalue weighted by Crippen LogP contribution is 2.30. The van der Waals surface area contributed by atoms with Crippen molar-refractivity contribution in [3.05, 3.63) is 57.3 Å². The number of halogens is 2. The van der Waals surface area contributed by atoms with Gasteiger partial charge in [-0.25, -0.2) is 13.4 Å². The molecule has 1 fully saturated rings. The molecular formula is C20H22Cl2N2O3S. The number of hydrogen-bond acceptors (Lipinski definition) is 4. The number of aryl methyl sites for hydroxylation is 1. The second-order valence-electron chi connectivity index (χ2n) is 7.15. The van der Waals surface area contributed by atoms with Crippen molar-refractivity contribution in [1.29, 1.82) is 0 Å². The number of carbonyl (C=O) groups is 1. The fraction of sp³-hybridized carbons (Fsp3) is 0.400. The van der Waals surface area contributed by atoms with Gasteiger partial charge in [0.15, 0.2) is 9.84 Å². The monoisotopic (exact) mass is 440 g/mol. The maximum absolute atomic E-state index is 12.8. The molecule has 1 unspecified atom stereocenters. The van der Waals surface area contributed by atoms with E-state index in [9.17, 15) is 13.2 Å². The molecule has 28 heavy (non-hydrogen) atoms. The Balaban J connectivity index is 1.86. The molecule has 1 aromatic heterocycles. The predicted octanol–water partition coefficient (Wildman–Crippen LogP) is 4.69. The van der Waals surface area contributed by atoms with Crippen molar-refractivity contribution >= 4 is 38.9 Å². The van der Waals surface area contributed by atoms with E-state index in [-0.39, 0.29) is 33.3 Å². The number of sulfone groups is 1. The smallest absolute Gasteiger partial charge is 0.272 e. The molecule has 0 spiro atoms. The molecule has 0 saturated carbocycles. The number of pyridine rings is 1. The van der Waals surface area contributed by atoms with Gasteiger partial charge in [0.25, 0.3) is 5.91 Å². The van der Waals surface area contributed by atoms with Gasteiger partial charge in [0.1, 0.15) is 5.69 Å². The van der Waals surface area contributed by atoms with Crippen molar-refractivity contribution in [2.75, 3.05) is 6.54 Å². The van der Waals surface area contributed by atoms with Gasteiger partial charge in [0.05, 0.1) is 21.4 Å². The highest BCUT2D eigenvalue weighted by atomic mass is 35.5. The molecule has 1 saturated heterocycles. The van der Waals surface area contributed by atoms with Gasteiger partial charge >= 0.3 is 0 Å². The molecule has 5 nitrogen and oxygen atoms in total. The molecule has 3 rings (SSSR count). The van der Waals surface area contributed by atoms with Gasteiger partial charge in [-0.2, -0.15) is 0 Å². The molecule has 1 aromatic carbocycles. The van der Waals surface area contributed by atoms with Crippen LogP contribution in [0.25, 0.3) is 0 Å². The molecule has 0 bridgehead atoms. The largest absolute Gasteiger partial charge is 0.335 e. The molecular weight excluding hydrogens is 419 g/mol. The lowest BCUT2D eigenvalue weighted by atomic mass is 10.0. The van der Waals surface area contributed by atoms with Crippen LogP contribution in [0, 0.1) is 6.92 Å². The van der Waals surface area contributed by atoms with Crippen LogP contribution in [0.1, 0.15) is 47.9 Å². The summed E-state index contributed by atoms with van der Waals surface area (Å²) in [6.07, 6.45) is 3.04. The number of carbonyl (C=O) groups excluding carboxylic acids is 1. The van der Waals surface area contributed by atoms with Gasteiger partial charge in [-0.1, -0.05) is 29.3 Å². The van der Waals surface area contributed by atoms with Gasteiger partial charge in [-0.15, -0.1) is 0 Å². The Morgan fingerprint density at radius 3 is 2.68 bits per heavy atom. The van der Waals surface area contributed by atoms with Crippen molar-refractivity contribution in [1.82, 2.24) is 9.88 Å². The Labute approximate surface area is 175 Å². The Morgan fingerprint density at radius 1 is 1.21 bits per heavy atom. The van der Waals surface area contributed by atoms with E-state index in [1.165, 1.54) is 12.1 Å². The molecule has 2 aromatic rings. The SMILES string of the molecule is Cc1cc(Cl)c(S(=O)(=O)Cc2cccc(C(=O)N3CCCCC3C)n2)cc1Cl. The van der Waals surface area contributed by atoms with Crippen molar-refractivity contribution in [2.24, 2.45) is 0 Å². The lowest BCUT2D eigenvalue weighted by molar-refractivity contribution is 0.0629. The summed E-state index contributed by atoms with van der Waals surface area (Å²) in [5.74, 6) is -0.522. The van der Waals surface area contributed by atoms with E-state index >= 15 is 0 Å². The minimum absolute atomic E-state index is 0.0343. The van der Waals surface area contributed by atoms with Gasteiger partial charge in [-0.3, -0.25) is 4.79 Å². The third-order valence-corrected chi connectivity index (χ3v) is 7.49. The summed E-state index contributed by atoms with van der Waals surface area (Å²) in [6.45, 7) is 4.47. The first-order chi connectivity index (χ1) is 13.2. The average Bonchev–Trinajstić information content (AvgIpc) is 2.64. The van der Waals surface area contributed by atoms with Gasteiger partial charge in [0, 0.05) is 17.6 Å². The average molecular weight is 441 g/mol. The molecule has 1 amide bonds. The highest BCUT2D eigenvalue weighted by molar-refractivity contribution is 7.90. The van der Waals surface area contributed by atoms with E-state index in [1.54, 1.807) is 30.0 Å². The summed E-state index contributed by atoms with van der Waals surface area (Å²) in [5.41, 5.74) is 1.25. The van der Waals surface area contributed by atoms with Crippen LogP contribution in [0.3, 0.4) is 0 Å². The highest BCUT2D eigenvalue weighted by Gasteiger charge is 2.26. The third-order valence-electron chi connectivity index (χ3n) is 4.98. The lowest BCUT2D eigenvalue weighted by Crippen LogP contribution is -2.42. The lowest BCUT2D eigenvalue weighted by Gasteiger charge is -2.33. The Kier molecular flexibility index (Phi) is 6.32. The van der Waals surface area contributed by atoms with Crippen molar-refractivity contribution in [3.63, 3.8) is 0 Å². The predicted molar refractivity (Wildman–Crippen MR) is 111 cm³/mol. The van der Waals surface area contributed by atoms with Crippen molar-refractivity contribution < 1.29 is 13.2 Å². The normalized spacial score (nSPS) is 17.6. The summed E-state index contributed by atoms with van der Waals surface area (Å²) in [6, 6.07) is 7.92. The molecule has 0 N–H and O–H groups in total. The van der Waals surface area contributed by atoms with Crippen LogP contribution in [0.15, 0.2) is 35.2 Å². The second kappa shape index (κ2) is 8.39. The number of hydrogen-bond donors (Lipinski definition) is 0. The topological polar surface area (TPSA) is 67.3 Å².